The molecule has 0 N–H and O–H groups in total. The van der Waals surface area contributed by atoms with Gasteiger partial charge in [0.1, 0.15) is 11.8 Å². The van der Waals surface area contributed by atoms with Crippen LogP contribution in [0.25, 0.3) is 6.08 Å². The second-order valence-electron chi connectivity index (χ2n) is 9.88. The minimum atomic E-state index is -0.814. The number of fused-ring (bicyclic) bond motifs is 1. The predicted octanol–water partition coefficient (Wildman–Crippen LogP) is 3.08. The van der Waals surface area contributed by atoms with Gasteiger partial charge >= 0.3 is 5.97 Å². The van der Waals surface area contributed by atoms with E-state index >= 15 is 0 Å². The first-order valence-corrected chi connectivity index (χ1v) is 14.5. The summed E-state index contributed by atoms with van der Waals surface area (Å²) in [4.78, 5) is 46.6. The van der Waals surface area contributed by atoms with E-state index in [-0.39, 0.29) is 29.8 Å². The Bertz CT molecular complexity index is 1690. The lowest BCUT2D eigenvalue weighted by Gasteiger charge is -2.26. The third kappa shape index (κ3) is 6.14. The van der Waals surface area contributed by atoms with Crippen molar-refractivity contribution in [1.29, 1.82) is 0 Å². The molecule has 1 unspecified atom stereocenters. The van der Waals surface area contributed by atoms with E-state index < -0.39 is 12.0 Å². The van der Waals surface area contributed by atoms with Crippen molar-refractivity contribution in [2.45, 2.75) is 32.9 Å². The standard InChI is InChI=1S/C30H30ClN3O6S/c1-18(2)40-29(37)26-19(3)32-30-34(27(26)21-9-5-6-10-22(21)31)28(36)24(41-30)16-20-8-4-7-11-23(20)39-17-25(35)33-12-14-38-15-13-33/h4-11,16,18,27H,12-15,17H2,1-3H3. The average Bonchev–Trinajstić information content (AvgIpc) is 3.26. The quantitative estimate of drug-likeness (QED) is 0.389. The highest BCUT2D eigenvalue weighted by Gasteiger charge is 2.34. The van der Waals surface area contributed by atoms with Crippen molar-refractivity contribution in [1.82, 2.24) is 9.47 Å². The molecule has 214 valence electrons. The first-order chi connectivity index (χ1) is 19.7. The number of para-hydroxylation sites is 1. The normalized spacial score (nSPS) is 17.3. The Morgan fingerprint density at radius 3 is 2.59 bits per heavy atom. The summed E-state index contributed by atoms with van der Waals surface area (Å²) in [6.07, 6.45) is 1.36. The summed E-state index contributed by atoms with van der Waals surface area (Å²) in [5, 5.41) is 0.417. The highest BCUT2D eigenvalue weighted by Crippen LogP contribution is 2.34. The van der Waals surface area contributed by atoms with Crippen LogP contribution in [0.4, 0.5) is 0 Å². The van der Waals surface area contributed by atoms with Crippen LogP contribution in [0.2, 0.25) is 5.02 Å². The molecule has 1 atom stereocenters. The van der Waals surface area contributed by atoms with Gasteiger partial charge in [-0.1, -0.05) is 59.3 Å². The number of benzene rings is 2. The molecule has 0 bridgehead atoms. The number of nitrogens with zero attached hydrogens (tertiary/aromatic N) is 3. The molecule has 11 heteroatoms. The average molecular weight is 596 g/mol. The number of thiazole rings is 1. The van der Waals surface area contributed by atoms with Crippen LogP contribution < -0.4 is 19.6 Å². The van der Waals surface area contributed by atoms with E-state index in [1.807, 2.05) is 18.2 Å². The fourth-order valence-corrected chi connectivity index (χ4v) is 6.04. The fourth-order valence-electron chi connectivity index (χ4n) is 4.77. The Hall–Kier alpha value is -3.73. The molecule has 9 nitrogen and oxygen atoms in total. The zero-order valence-electron chi connectivity index (χ0n) is 23.0. The molecule has 1 aromatic heterocycles. The van der Waals surface area contributed by atoms with E-state index in [2.05, 4.69) is 4.99 Å². The minimum Gasteiger partial charge on any atom is -0.483 e. The maximum absolute atomic E-state index is 13.9. The van der Waals surface area contributed by atoms with E-state index in [0.29, 0.717) is 63.2 Å². The molecule has 1 fully saturated rings. The van der Waals surface area contributed by atoms with Gasteiger partial charge in [0.2, 0.25) is 0 Å². The summed E-state index contributed by atoms with van der Waals surface area (Å²) in [7, 11) is 0. The smallest absolute Gasteiger partial charge is 0.338 e. The number of rotatable bonds is 7. The maximum atomic E-state index is 13.9. The van der Waals surface area contributed by atoms with Crippen molar-refractivity contribution in [2.75, 3.05) is 32.9 Å². The molecule has 3 heterocycles. The summed E-state index contributed by atoms with van der Waals surface area (Å²) in [5.74, 6) is -0.206. The Labute approximate surface area is 245 Å². The van der Waals surface area contributed by atoms with Crippen LogP contribution in [-0.2, 0) is 19.1 Å². The Morgan fingerprint density at radius 1 is 1.15 bits per heavy atom. The van der Waals surface area contributed by atoms with Crippen LogP contribution in [-0.4, -0.2) is 60.4 Å². The van der Waals surface area contributed by atoms with Gasteiger partial charge in [0.25, 0.3) is 11.5 Å². The molecule has 0 saturated carbocycles. The molecule has 2 aromatic carbocycles. The number of hydrogen-bond acceptors (Lipinski definition) is 8. The lowest BCUT2D eigenvalue weighted by molar-refractivity contribution is -0.143. The predicted molar refractivity (Wildman–Crippen MR) is 156 cm³/mol. The van der Waals surface area contributed by atoms with Crippen molar-refractivity contribution in [3.8, 4) is 5.75 Å². The van der Waals surface area contributed by atoms with Crippen molar-refractivity contribution < 1.29 is 23.8 Å². The summed E-state index contributed by atoms with van der Waals surface area (Å²) in [6, 6.07) is 13.5. The third-order valence-electron chi connectivity index (χ3n) is 6.70. The number of aromatic nitrogens is 1. The zero-order valence-corrected chi connectivity index (χ0v) is 24.5. The van der Waals surface area contributed by atoms with Gasteiger partial charge in [-0.05, 0) is 44.5 Å². The zero-order chi connectivity index (χ0) is 29.1. The van der Waals surface area contributed by atoms with E-state index in [4.69, 9.17) is 25.8 Å². The molecule has 2 aliphatic rings. The van der Waals surface area contributed by atoms with Crippen molar-refractivity contribution in [2.24, 2.45) is 4.99 Å². The molecular weight excluding hydrogens is 566 g/mol. The number of ether oxygens (including phenoxy) is 3. The van der Waals surface area contributed by atoms with E-state index in [1.165, 1.54) is 15.9 Å². The lowest BCUT2D eigenvalue weighted by Crippen LogP contribution is -2.43. The van der Waals surface area contributed by atoms with E-state index in [0.717, 1.165) is 0 Å². The summed E-state index contributed by atoms with van der Waals surface area (Å²) < 4.78 is 18.6. The summed E-state index contributed by atoms with van der Waals surface area (Å²) >= 11 is 7.80. The topological polar surface area (TPSA) is 99.4 Å². The lowest BCUT2D eigenvalue weighted by atomic mass is 9.96. The van der Waals surface area contributed by atoms with Crippen LogP contribution in [0, 0.1) is 0 Å². The first-order valence-electron chi connectivity index (χ1n) is 13.3. The van der Waals surface area contributed by atoms with Crippen LogP contribution in [0.1, 0.15) is 37.9 Å². The Morgan fingerprint density at radius 2 is 1.85 bits per heavy atom. The molecule has 1 saturated heterocycles. The number of carbonyl (C=O) groups is 2. The second kappa shape index (κ2) is 12.4. The summed E-state index contributed by atoms with van der Waals surface area (Å²) in [5.41, 5.74) is 1.62. The van der Waals surface area contributed by atoms with Gasteiger partial charge in [-0.15, -0.1) is 0 Å². The highest BCUT2D eigenvalue weighted by atomic mass is 35.5. The fraction of sp³-hybridized carbons (Fsp3) is 0.333. The summed E-state index contributed by atoms with van der Waals surface area (Å²) in [6.45, 7) is 7.21. The van der Waals surface area contributed by atoms with Gasteiger partial charge in [-0.3, -0.25) is 14.2 Å². The van der Waals surface area contributed by atoms with Crippen molar-refractivity contribution in [3.63, 3.8) is 0 Å². The van der Waals surface area contributed by atoms with Crippen LogP contribution in [0.5, 0.6) is 5.75 Å². The number of halogens is 1. The Kier molecular flexibility index (Phi) is 8.72. The monoisotopic (exact) mass is 595 g/mol. The number of esters is 1. The SMILES string of the molecule is CC1=C(C(=O)OC(C)C)C(c2ccccc2Cl)n2c(sc(=Cc3ccccc3OCC(=O)N3CCOCC3)c2=O)=N1. The molecule has 41 heavy (non-hydrogen) atoms. The van der Waals surface area contributed by atoms with Crippen LogP contribution in [0.3, 0.4) is 0 Å². The molecule has 1 amide bonds. The maximum Gasteiger partial charge on any atom is 0.338 e. The van der Waals surface area contributed by atoms with E-state index in [1.54, 1.807) is 62.1 Å². The minimum absolute atomic E-state index is 0.126. The van der Waals surface area contributed by atoms with Gasteiger partial charge in [-0.25, -0.2) is 9.79 Å². The van der Waals surface area contributed by atoms with Crippen molar-refractivity contribution >= 4 is 40.9 Å². The number of hydrogen-bond donors (Lipinski definition) is 0. The number of carbonyl (C=O) groups excluding carboxylic acids is 2. The molecule has 0 aliphatic carbocycles. The van der Waals surface area contributed by atoms with Crippen LogP contribution >= 0.6 is 22.9 Å². The van der Waals surface area contributed by atoms with Crippen LogP contribution in [0.15, 0.2) is 69.6 Å². The van der Waals surface area contributed by atoms with Gasteiger partial charge in [-0.2, -0.15) is 0 Å². The first kappa shape index (κ1) is 28.8. The molecule has 5 rings (SSSR count). The second-order valence-corrected chi connectivity index (χ2v) is 11.3. The largest absolute Gasteiger partial charge is 0.483 e. The molecule has 3 aromatic rings. The molecule has 0 spiro atoms. The molecule has 2 aliphatic heterocycles. The number of amides is 1. The van der Waals surface area contributed by atoms with Gasteiger partial charge < -0.3 is 19.1 Å². The third-order valence-corrected chi connectivity index (χ3v) is 8.03. The molecule has 0 radical (unpaired) electrons. The highest BCUT2D eigenvalue weighted by molar-refractivity contribution is 7.07. The van der Waals surface area contributed by atoms with Gasteiger partial charge in [0, 0.05) is 23.7 Å². The van der Waals surface area contributed by atoms with Gasteiger partial charge in [0.15, 0.2) is 11.4 Å². The number of morpholine rings is 1. The van der Waals surface area contributed by atoms with Gasteiger partial charge in [0.05, 0.1) is 35.1 Å². The molecular formula is C30H30ClN3O6S. The van der Waals surface area contributed by atoms with Crippen molar-refractivity contribution in [3.05, 3.63) is 95.6 Å². The Balaban J connectivity index is 1.55. The van der Waals surface area contributed by atoms with E-state index in [9.17, 15) is 14.4 Å². The number of allylic oxidation sites excluding steroid dienone is 1.